The van der Waals surface area contributed by atoms with Gasteiger partial charge in [0.2, 0.25) is 5.91 Å². The van der Waals surface area contributed by atoms with Crippen LogP contribution in [0.15, 0.2) is 0 Å². The molecule has 0 unspecified atom stereocenters. The van der Waals surface area contributed by atoms with Gasteiger partial charge < -0.3 is 24.3 Å². The minimum Gasteiger partial charge on any atom is -0.441 e. The molecule has 4 aliphatic rings. The number of piperazine rings is 1. The van der Waals surface area contributed by atoms with Crippen molar-refractivity contribution >= 4 is 12.0 Å². The molecule has 4 rings (SSSR count). The first kappa shape index (κ1) is 20.9. The largest absolute Gasteiger partial charge is 0.441 e. The van der Waals surface area contributed by atoms with Crippen LogP contribution in [0, 0.1) is 11.3 Å². The second kappa shape index (κ2) is 8.06. The van der Waals surface area contributed by atoms with E-state index < -0.39 is 0 Å². The number of likely N-dealkylation sites (N-methyl/N-ethyl adjacent to an activating group) is 1. The van der Waals surface area contributed by atoms with Gasteiger partial charge in [-0.1, -0.05) is 20.8 Å². The highest BCUT2D eigenvalue weighted by Crippen LogP contribution is 2.52. The number of carbonyl (C=O) groups is 2. The molecule has 4 fully saturated rings. The number of carbonyl (C=O) groups excluding carboxylic acids is 2. The highest BCUT2D eigenvalue weighted by Gasteiger charge is 2.54. The Balaban J connectivity index is 1.19. The number of piperidine rings is 1. The fourth-order valence-corrected chi connectivity index (χ4v) is 5.18. The van der Waals surface area contributed by atoms with E-state index in [-0.39, 0.29) is 23.0 Å². The molecule has 7 heteroatoms. The molecule has 1 aliphatic carbocycles. The monoisotopic (exact) mass is 406 g/mol. The van der Waals surface area contributed by atoms with Crippen molar-refractivity contribution in [3.63, 3.8) is 0 Å². The van der Waals surface area contributed by atoms with Crippen molar-refractivity contribution in [1.82, 2.24) is 19.6 Å². The van der Waals surface area contributed by atoms with Crippen molar-refractivity contribution in [2.24, 2.45) is 11.3 Å². The van der Waals surface area contributed by atoms with E-state index in [4.69, 9.17) is 4.74 Å². The number of likely N-dealkylation sites (tertiary alicyclic amines) is 1. The smallest absolute Gasteiger partial charge is 0.410 e. The van der Waals surface area contributed by atoms with Crippen LogP contribution in [-0.2, 0) is 9.53 Å². The third-order valence-electron chi connectivity index (χ3n) is 7.65. The lowest BCUT2D eigenvalue weighted by Gasteiger charge is -2.37. The molecule has 3 aliphatic heterocycles. The summed E-state index contributed by atoms with van der Waals surface area (Å²) in [5.74, 6) is 0.493. The molecule has 0 aromatic rings. The zero-order chi connectivity index (χ0) is 20.6. The van der Waals surface area contributed by atoms with Crippen LogP contribution < -0.4 is 0 Å². The molecule has 1 saturated carbocycles. The Bertz CT molecular complexity index is 622. The molecule has 2 amide bonds. The Hall–Kier alpha value is -1.34. The normalized spacial score (nSPS) is 29.3. The highest BCUT2D eigenvalue weighted by atomic mass is 16.6. The first-order valence-corrected chi connectivity index (χ1v) is 11.5. The SMILES string of the molecule is CCN1CCN(CCCN2CC3(CCN(C(=O)[C@H]4CC4(C)C)CC3)OC2=O)CC1. The number of hydrogen-bond acceptors (Lipinski definition) is 5. The quantitative estimate of drug-likeness (QED) is 0.674. The van der Waals surface area contributed by atoms with Gasteiger partial charge >= 0.3 is 6.09 Å². The number of amides is 2. The summed E-state index contributed by atoms with van der Waals surface area (Å²) in [5.41, 5.74) is -0.203. The lowest BCUT2D eigenvalue weighted by molar-refractivity contribution is -0.136. The first-order chi connectivity index (χ1) is 13.8. The van der Waals surface area contributed by atoms with Crippen LogP contribution in [0.2, 0.25) is 0 Å². The average Bonchev–Trinajstić information content (AvgIpc) is 3.24. The lowest BCUT2D eigenvalue weighted by atomic mass is 9.91. The summed E-state index contributed by atoms with van der Waals surface area (Å²) >= 11 is 0. The van der Waals surface area contributed by atoms with E-state index in [1.165, 1.54) is 0 Å². The number of nitrogens with zero attached hydrogens (tertiary/aromatic N) is 4. The van der Waals surface area contributed by atoms with E-state index in [0.717, 1.165) is 71.5 Å². The minimum atomic E-state index is -0.375. The van der Waals surface area contributed by atoms with Crippen molar-refractivity contribution in [2.75, 3.05) is 65.4 Å². The van der Waals surface area contributed by atoms with Crippen molar-refractivity contribution in [3.8, 4) is 0 Å². The topological polar surface area (TPSA) is 56.3 Å². The average molecular weight is 407 g/mol. The zero-order valence-electron chi connectivity index (χ0n) is 18.5. The van der Waals surface area contributed by atoms with Gasteiger partial charge in [0.15, 0.2) is 0 Å². The van der Waals surface area contributed by atoms with Crippen LogP contribution >= 0.6 is 0 Å². The molecular weight excluding hydrogens is 368 g/mol. The molecule has 0 N–H and O–H groups in total. The fraction of sp³-hybridized carbons (Fsp3) is 0.909. The maximum absolute atomic E-state index is 12.6. The number of hydrogen-bond donors (Lipinski definition) is 0. The molecule has 1 spiro atoms. The first-order valence-electron chi connectivity index (χ1n) is 11.5. The van der Waals surface area contributed by atoms with E-state index in [2.05, 4.69) is 30.6 Å². The summed E-state index contributed by atoms with van der Waals surface area (Å²) in [6.07, 6.45) is 3.38. The van der Waals surface area contributed by atoms with E-state index >= 15 is 0 Å². The minimum absolute atomic E-state index is 0.163. The van der Waals surface area contributed by atoms with Gasteiger partial charge in [-0.05, 0) is 31.3 Å². The van der Waals surface area contributed by atoms with Gasteiger partial charge in [0.1, 0.15) is 5.60 Å². The van der Waals surface area contributed by atoms with Crippen LogP contribution in [-0.4, -0.2) is 103 Å². The maximum Gasteiger partial charge on any atom is 0.410 e. The van der Waals surface area contributed by atoms with Crippen LogP contribution in [0.25, 0.3) is 0 Å². The Morgan fingerprint density at radius 3 is 2.24 bits per heavy atom. The molecule has 0 bridgehead atoms. The Morgan fingerprint density at radius 2 is 1.66 bits per heavy atom. The molecule has 0 aromatic carbocycles. The second-order valence-electron chi connectivity index (χ2n) is 10.2. The lowest BCUT2D eigenvalue weighted by Crippen LogP contribution is -2.49. The summed E-state index contributed by atoms with van der Waals surface area (Å²) in [5, 5.41) is 0. The van der Waals surface area contributed by atoms with Crippen molar-refractivity contribution in [2.45, 2.75) is 52.1 Å². The van der Waals surface area contributed by atoms with Crippen LogP contribution in [0.5, 0.6) is 0 Å². The van der Waals surface area contributed by atoms with Gasteiger partial charge in [-0.15, -0.1) is 0 Å². The van der Waals surface area contributed by atoms with Gasteiger partial charge in [-0.3, -0.25) is 4.79 Å². The second-order valence-corrected chi connectivity index (χ2v) is 10.2. The molecule has 7 nitrogen and oxygen atoms in total. The van der Waals surface area contributed by atoms with Crippen LogP contribution in [0.1, 0.15) is 46.5 Å². The number of ether oxygens (including phenoxy) is 1. The van der Waals surface area contributed by atoms with Gasteiger partial charge in [0.05, 0.1) is 6.54 Å². The van der Waals surface area contributed by atoms with Crippen molar-refractivity contribution < 1.29 is 14.3 Å². The Kier molecular flexibility index (Phi) is 5.81. The molecule has 29 heavy (non-hydrogen) atoms. The fourth-order valence-electron chi connectivity index (χ4n) is 5.18. The molecule has 3 heterocycles. The van der Waals surface area contributed by atoms with Gasteiger partial charge in [0, 0.05) is 64.6 Å². The highest BCUT2D eigenvalue weighted by molar-refractivity contribution is 5.82. The molecule has 0 radical (unpaired) electrons. The van der Waals surface area contributed by atoms with Crippen LogP contribution in [0.3, 0.4) is 0 Å². The number of rotatable bonds is 6. The van der Waals surface area contributed by atoms with E-state index in [0.29, 0.717) is 25.5 Å². The van der Waals surface area contributed by atoms with Gasteiger partial charge in [0.25, 0.3) is 0 Å². The molecule has 0 aromatic heterocycles. The van der Waals surface area contributed by atoms with Crippen molar-refractivity contribution in [3.05, 3.63) is 0 Å². The zero-order valence-corrected chi connectivity index (χ0v) is 18.5. The molecule has 164 valence electrons. The summed E-state index contributed by atoms with van der Waals surface area (Å²) in [7, 11) is 0. The van der Waals surface area contributed by atoms with Crippen LogP contribution in [0.4, 0.5) is 4.79 Å². The molecular formula is C22H38N4O3. The third kappa shape index (κ3) is 4.55. The van der Waals surface area contributed by atoms with E-state index in [9.17, 15) is 9.59 Å². The molecule has 1 atom stereocenters. The predicted octanol–water partition coefficient (Wildman–Crippen LogP) is 1.87. The summed E-state index contributed by atoms with van der Waals surface area (Å²) in [6, 6.07) is 0. The van der Waals surface area contributed by atoms with E-state index in [1.54, 1.807) is 0 Å². The summed E-state index contributed by atoms with van der Waals surface area (Å²) < 4.78 is 5.85. The summed E-state index contributed by atoms with van der Waals surface area (Å²) in [4.78, 5) is 34.0. The Morgan fingerprint density at radius 1 is 1.03 bits per heavy atom. The van der Waals surface area contributed by atoms with Gasteiger partial charge in [-0.2, -0.15) is 0 Å². The van der Waals surface area contributed by atoms with E-state index in [1.807, 2.05) is 9.80 Å². The van der Waals surface area contributed by atoms with Crippen molar-refractivity contribution in [1.29, 1.82) is 0 Å². The maximum atomic E-state index is 12.6. The predicted molar refractivity (Wildman–Crippen MR) is 112 cm³/mol. The third-order valence-corrected chi connectivity index (χ3v) is 7.65. The summed E-state index contributed by atoms with van der Waals surface area (Å²) in [6.45, 7) is 16.2. The Labute approximate surface area is 175 Å². The molecule has 3 saturated heterocycles. The van der Waals surface area contributed by atoms with Gasteiger partial charge in [-0.25, -0.2) is 4.79 Å². The standard InChI is InChI=1S/C22H38N4O3/c1-4-23-12-14-24(15-13-23)8-5-9-26-17-22(29-20(26)28)6-10-25(11-7-22)19(27)18-16-21(18,2)3/h18H,4-17H2,1-3H3/t18-/m1/s1.